The number of amides is 1. The normalized spacial score (nSPS) is 11.0. The number of fused-ring (bicyclic) bond motifs is 1. The number of carbonyl (C=O) groups excluding carboxylic acids is 1. The average molecular weight is 508 g/mol. The SMILES string of the molecule is COc1ccc(N(Cc2ccc(C)cc2)Cc2ccc(C)cc2)c2sc(-c3ccccc3C(N)=O)nc12. The van der Waals surface area contributed by atoms with Crippen molar-refractivity contribution in [2.45, 2.75) is 26.9 Å². The third-order valence-corrected chi connectivity index (χ3v) is 7.57. The minimum Gasteiger partial charge on any atom is -0.494 e. The van der Waals surface area contributed by atoms with Gasteiger partial charge in [0.1, 0.15) is 16.3 Å². The van der Waals surface area contributed by atoms with Crippen LogP contribution in [0.4, 0.5) is 5.69 Å². The van der Waals surface area contributed by atoms with Crippen LogP contribution in [0.25, 0.3) is 20.8 Å². The number of thiazole rings is 1. The van der Waals surface area contributed by atoms with E-state index in [1.165, 1.54) is 22.3 Å². The number of nitrogens with two attached hydrogens (primary N) is 1. The van der Waals surface area contributed by atoms with Gasteiger partial charge in [-0.15, -0.1) is 11.3 Å². The molecule has 5 aromatic rings. The zero-order valence-corrected chi connectivity index (χ0v) is 22.0. The molecular weight excluding hydrogens is 478 g/mol. The Morgan fingerprint density at radius 3 is 2.03 bits per heavy atom. The summed E-state index contributed by atoms with van der Waals surface area (Å²) in [5.74, 6) is 0.228. The Bertz CT molecular complexity index is 1510. The molecule has 0 aliphatic heterocycles. The van der Waals surface area contributed by atoms with Crippen LogP contribution in [0.2, 0.25) is 0 Å². The fraction of sp³-hybridized carbons (Fsp3) is 0.161. The van der Waals surface area contributed by atoms with Crippen LogP contribution in [0, 0.1) is 13.8 Å². The Morgan fingerprint density at radius 1 is 0.865 bits per heavy atom. The topological polar surface area (TPSA) is 68.5 Å². The molecule has 0 fully saturated rings. The predicted molar refractivity (Wildman–Crippen MR) is 152 cm³/mol. The van der Waals surface area contributed by atoms with Crippen molar-refractivity contribution in [3.05, 3.63) is 113 Å². The fourth-order valence-corrected chi connectivity index (χ4v) is 5.60. The molecule has 0 spiro atoms. The predicted octanol–water partition coefficient (Wildman–Crippen LogP) is 6.89. The van der Waals surface area contributed by atoms with Crippen LogP contribution in [0.5, 0.6) is 5.75 Å². The molecule has 0 unspecified atom stereocenters. The molecule has 1 aromatic heterocycles. The first-order valence-electron chi connectivity index (χ1n) is 12.2. The van der Waals surface area contributed by atoms with Gasteiger partial charge in [0, 0.05) is 24.2 Å². The Kier molecular flexibility index (Phi) is 6.93. The first-order chi connectivity index (χ1) is 17.9. The number of primary amides is 1. The molecule has 0 radical (unpaired) electrons. The number of anilines is 1. The Morgan fingerprint density at radius 2 is 1.46 bits per heavy atom. The van der Waals surface area contributed by atoms with Crippen molar-refractivity contribution < 1.29 is 9.53 Å². The number of ether oxygens (including phenoxy) is 1. The minimum atomic E-state index is -0.470. The quantitative estimate of drug-likeness (QED) is 0.248. The van der Waals surface area contributed by atoms with Gasteiger partial charge in [-0.1, -0.05) is 77.9 Å². The first-order valence-corrected chi connectivity index (χ1v) is 13.0. The maximum atomic E-state index is 12.1. The van der Waals surface area contributed by atoms with E-state index in [0.29, 0.717) is 11.3 Å². The number of hydrogen-bond acceptors (Lipinski definition) is 5. The highest BCUT2D eigenvalue weighted by atomic mass is 32.1. The second-order valence-corrected chi connectivity index (χ2v) is 10.2. The fourth-order valence-electron chi connectivity index (χ4n) is 4.44. The summed E-state index contributed by atoms with van der Waals surface area (Å²) in [4.78, 5) is 19.4. The van der Waals surface area contributed by atoms with Gasteiger partial charge in [0.15, 0.2) is 0 Å². The van der Waals surface area contributed by atoms with Gasteiger partial charge in [-0.2, -0.15) is 0 Å². The molecule has 37 heavy (non-hydrogen) atoms. The van der Waals surface area contributed by atoms with Crippen molar-refractivity contribution in [2.24, 2.45) is 5.73 Å². The molecule has 0 aliphatic carbocycles. The van der Waals surface area contributed by atoms with Gasteiger partial charge in [-0.25, -0.2) is 4.98 Å². The zero-order valence-electron chi connectivity index (χ0n) is 21.2. The maximum Gasteiger partial charge on any atom is 0.249 e. The lowest BCUT2D eigenvalue weighted by atomic mass is 10.1. The summed E-state index contributed by atoms with van der Waals surface area (Å²) in [6, 6.07) is 28.7. The highest BCUT2D eigenvalue weighted by Gasteiger charge is 2.21. The summed E-state index contributed by atoms with van der Waals surface area (Å²) >= 11 is 1.55. The van der Waals surface area contributed by atoms with Crippen LogP contribution in [-0.4, -0.2) is 18.0 Å². The zero-order chi connectivity index (χ0) is 25.9. The van der Waals surface area contributed by atoms with Gasteiger partial charge in [0.25, 0.3) is 0 Å². The summed E-state index contributed by atoms with van der Waals surface area (Å²) < 4.78 is 6.69. The molecule has 0 atom stereocenters. The highest BCUT2D eigenvalue weighted by Crippen LogP contribution is 2.42. The average Bonchev–Trinajstić information content (AvgIpc) is 3.36. The van der Waals surface area contributed by atoms with E-state index >= 15 is 0 Å². The second-order valence-electron chi connectivity index (χ2n) is 9.22. The van der Waals surface area contributed by atoms with Crippen molar-refractivity contribution in [3.8, 4) is 16.3 Å². The van der Waals surface area contributed by atoms with E-state index < -0.39 is 5.91 Å². The number of aromatic nitrogens is 1. The lowest BCUT2D eigenvalue weighted by Crippen LogP contribution is -2.22. The molecule has 5 rings (SSSR count). The van der Waals surface area contributed by atoms with Gasteiger partial charge in [0.05, 0.1) is 17.5 Å². The van der Waals surface area contributed by atoms with Gasteiger partial charge in [0.2, 0.25) is 5.91 Å². The number of methoxy groups -OCH3 is 1. The summed E-state index contributed by atoms with van der Waals surface area (Å²) in [5.41, 5.74) is 13.6. The lowest BCUT2D eigenvalue weighted by Gasteiger charge is -2.26. The second kappa shape index (κ2) is 10.4. The number of nitrogens with zero attached hydrogens (tertiary/aromatic N) is 2. The summed E-state index contributed by atoms with van der Waals surface area (Å²) in [7, 11) is 1.65. The Hall–Kier alpha value is -4.16. The van der Waals surface area contributed by atoms with Crippen molar-refractivity contribution in [2.75, 3.05) is 12.0 Å². The monoisotopic (exact) mass is 507 g/mol. The highest BCUT2D eigenvalue weighted by molar-refractivity contribution is 7.22. The molecule has 1 heterocycles. The number of rotatable bonds is 8. The van der Waals surface area contributed by atoms with E-state index in [4.69, 9.17) is 15.5 Å². The molecular formula is C31H29N3O2S. The molecule has 0 aliphatic rings. The Labute approximate surface area is 221 Å². The summed E-state index contributed by atoms with van der Waals surface area (Å²) in [6.07, 6.45) is 0. The van der Waals surface area contributed by atoms with Gasteiger partial charge < -0.3 is 15.4 Å². The van der Waals surface area contributed by atoms with Crippen LogP contribution >= 0.6 is 11.3 Å². The van der Waals surface area contributed by atoms with Crippen molar-refractivity contribution in [3.63, 3.8) is 0 Å². The van der Waals surface area contributed by atoms with Crippen molar-refractivity contribution >= 4 is 33.1 Å². The van der Waals surface area contributed by atoms with E-state index in [2.05, 4.69) is 73.3 Å². The van der Waals surface area contributed by atoms with Crippen molar-refractivity contribution in [1.29, 1.82) is 0 Å². The molecule has 5 nitrogen and oxygen atoms in total. The lowest BCUT2D eigenvalue weighted by molar-refractivity contribution is 0.100. The standard InChI is InChI=1S/C31H29N3O2S/c1-20-8-12-22(13-9-20)18-34(19-23-14-10-21(2)11-15-23)26-16-17-27(36-3)28-29(26)37-31(33-28)25-7-5-4-6-24(25)30(32)35/h4-17H,18-19H2,1-3H3,(H2,32,35). The van der Waals surface area contributed by atoms with Crippen LogP contribution in [-0.2, 0) is 13.1 Å². The maximum absolute atomic E-state index is 12.1. The smallest absolute Gasteiger partial charge is 0.249 e. The van der Waals surface area contributed by atoms with Gasteiger partial charge >= 0.3 is 0 Å². The third kappa shape index (κ3) is 5.20. The molecule has 2 N–H and O–H groups in total. The van der Waals surface area contributed by atoms with Crippen LogP contribution < -0.4 is 15.4 Å². The molecule has 0 bridgehead atoms. The number of hydrogen-bond donors (Lipinski definition) is 1. The van der Waals surface area contributed by atoms with Crippen LogP contribution in [0.3, 0.4) is 0 Å². The van der Waals surface area contributed by atoms with E-state index in [1.54, 1.807) is 24.5 Å². The number of carbonyl (C=O) groups is 1. The molecule has 1 amide bonds. The largest absolute Gasteiger partial charge is 0.494 e. The van der Waals surface area contributed by atoms with E-state index in [-0.39, 0.29) is 0 Å². The summed E-state index contributed by atoms with van der Waals surface area (Å²) in [5, 5.41) is 0.737. The van der Waals surface area contributed by atoms with Crippen LogP contribution in [0.1, 0.15) is 32.6 Å². The number of benzene rings is 4. The molecule has 0 saturated heterocycles. The van der Waals surface area contributed by atoms with Gasteiger partial charge in [-0.05, 0) is 43.2 Å². The summed E-state index contributed by atoms with van der Waals surface area (Å²) in [6.45, 7) is 5.68. The number of aryl methyl sites for hydroxylation is 2. The van der Waals surface area contributed by atoms with Gasteiger partial charge in [-0.3, -0.25) is 4.79 Å². The molecule has 186 valence electrons. The molecule has 6 heteroatoms. The van der Waals surface area contributed by atoms with Crippen LogP contribution in [0.15, 0.2) is 84.9 Å². The third-order valence-electron chi connectivity index (χ3n) is 6.46. The Balaban J connectivity index is 1.65. The van der Waals surface area contributed by atoms with E-state index in [9.17, 15) is 4.79 Å². The van der Waals surface area contributed by atoms with Crippen molar-refractivity contribution in [1.82, 2.24) is 4.98 Å². The molecule has 4 aromatic carbocycles. The minimum absolute atomic E-state index is 0.457. The van der Waals surface area contributed by atoms with E-state index in [1.807, 2.05) is 24.3 Å². The van der Waals surface area contributed by atoms with E-state index in [0.717, 1.165) is 39.6 Å². The molecule has 0 saturated carbocycles. The first kappa shape index (κ1) is 24.5.